The number of anilines is 1. The molecule has 2 aromatic rings. The van der Waals surface area contributed by atoms with Crippen LogP contribution < -0.4 is 11.1 Å². The van der Waals surface area contributed by atoms with Gasteiger partial charge in [0, 0.05) is 24.5 Å². The Morgan fingerprint density at radius 2 is 1.83 bits per heavy atom. The summed E-state index contributed by atoms with van der Waals surface area (Å²) in [4.78, 5) is 23.9. The predicted octanol–water partition coefficient (Wildman–Crippen LogP) is 2.45. The molecule has 24 heavy (non-hydrogen) atoms. The lowest BCUT2D eigenvalue weighted by Gasteiger charge is -2.31. The summed E-state index contributed by atoms with van der Waals surface area (Å²) < 4.78 is 5.42. The largest absolute Gasteiger partial charge is 0.381 e. The standard InChI is InChI=1S/C19H18N2O3/c20-17(22)14-3-1-2-12(10-14)13-4-5-15-16(11-13)21-18(23)19(15)6-8-24-9-7-19/h1-5,10-11H,6-9H2,(H2,20,22)(H,21,23). The zero-order chi connectivity index (χ0) is 16.7. The first kappa shape index (κ1) is 14.9. The first-order valence-electron chi connectivity index (χ1n) is 8.04. The molecule has 5 nitrogen and oxygen atoms in total. The van der Waals surface area contributed by atoms with E-state index in [4.69, 9.17) is 10.5 Å². The van der Waals surface area contributed by atoms with Gasteiger partial charge in [0.05, 0.1) is 5.41 Å². The molecule has 1 fully saturated rings. The Labute approximate surface area is 139 Å². The summed E-state index contributed by atoms with van der Waals surface area (Å²) in [6.45, 7) is 1.21. The number of ether oxygens (including phenoxy) is 1. The average molecular weight is 322 g/mol. The second kappa shape index (κ2) is 5.46. The van der Waals surface area contributed by atoms with Gasteiger partial charge < -0.3 is 15.8 Å². The number of benzene rings is 2. The normalized spacial score (nSPS) is 18.2. The third-order valence-electron chi connectivity index (χ3n) is 5.04. The summed E-state index contributed by atoms with van der Waals surface area (Å²) >= 11 is 0. The molecule has 1 spiro atoms. The minimum Gasteiger partial charge on any atom is -0.381 e. The van der Waals surface area contributed by atoms with E-state index in [0.29, 0.717) is 31.6 Å². The molecule has 122 valence electrons. The number of fused-ring (bicyclic) bond motifs is 2. The van der Waals surface area contributed by atoms with Gasteiger partial charge in [-0.3, -0.25) is 9.59 Å². The molecule has 0 aliphatic carbocycles. The maximum Gasteiger partial charge on any atom is 0.248 e. The van der Waals surface area contributed by atoms with E-state index in [1.54, 1.807) is 18.2 Å². The van der Waals surface area contributed by atoms with E-state index < -0.39 is 11.3 Å². The second-order valence-electron chi connectivity index (χ2n) is 6.35. The van der Waals surface area contributed by atoms with Gasteiger partial charge in [-0.15, -0.1) is 0 Å². The highest BCUT2D eigenvalue weighted by Gasteiger charge is 2.47. The molecule has 0 saturated carbocycles. The van der Waals surface area contributed by atoms with E-state index >= 15 is 0 Å². The molecule has 2 amide bonds. The predicted molar refractivity (Wildman–Crippen MR) is 90.8 cm³/mol. The third-order valence-corrected chi connectivity index (χ3v) is 5.04. The Morgan fingerprint density at radius 1 is 1.08 bits per heavy atom. The van der Waals surface area contributed by atoms with Crippen molar-refractivity contribution in [1.82, 2.24) is 0 Å². The topological polar surface area (TPSA) is 81.4 Å². The molecule has 4 rings (SSSR count). The van der Waals surface area contributed by atoms with Crippen LogP contribution in [0.1, 0.15) is 28.8 Å². The van der Waals surface area contributed by atoms with E-state index in [1.807, 2.05) is 24.3 Å². The summed E-state index contributed by atoms with van der Waals surface area (Å²) in [6.07, 6.45) is 1.42. The van der Waals surface area contributed by atoms with Crippen molar-refractivity contribution < 1.29 is 14.3 Å². The fourth-order valence-corrected chi connectivity index (χ4v) is 3.68. The summed E-state index contributed by atoms with van der Waals surface area (Å²) in [5.74, 6) is -0.392. The quantitative estimate of drug-likeness (QED) is 0.891. The van der Waals surface area contributed by atoms with Crippen LogP contribution in [0.5, 0.6) is 0 Å². The Kier molecular flexibility index (Phi) is 3.39. The van der Waals surface area contributed by atoms with Gasteiger partial charge in [0.25, 0.3) is 0 Å². The molecule has 5 heteroatoms. The number of hydrogen-bond acceptors (Lipinski definition) is 3. The van der Waals surface area contributed by atoms with Crippen LogP contribution >= 0.6 is 0 Å². The van der Waals surface area contributed by atoms with Crippen molar-refractivity contribution in [1.29, 1.82) is 0 Å². The summed E-state index contributed by atoms with van der Waals surface area (Å²) in [5.41, 5.74) is 9.11. The minimum absolute atomic E-state index is 0.0591. The Balaban J connectivity index is 1.75. The average Bonchev–Trinajstić information content (AvgIpc) is 2.87. The van der Waals surface area contributed by atoms with Crippen molar-refractivity contribution in [2.75, 3.05) is 18.5 Å². The number of carbonyl (C=O) groups excluding carboxylic acids is 2. The highest BCUT2D eigenvalue weighted by molar-refractivity contribution is 6.07. The number of hydrogen-bond donors (Lipinski definition) is 2. The van der Waals surface area contributed by atoms with Crippen molar-refractivity contribution in [3.63, 3.8) is 0 Å². The monoisotopic (exact) mass is 322 g/mol. The molecule has 0 unspecified atom stereocenters. The maximum absolute atomic E-state index is 12.6. The lowest BCUT2D eigenvalue weighted by Crippen LogP contribution is -2.39. The van der Waals surface area contributed by atoms with Crippen LogP contribution in [-0.4, -0.2) is 25.0 Å². The Hall–Kier alpha value is -2.66. The minimum atomic E-state index is -0.457. The zero-order valence-corrected chi connectivity index (χ0v) is 13.2. The van der Waals surface area contributed by atoms with Crippen LogP contribution in [-0.2, 0) is 14.9 Å². The molecule has 2 heterocycles. The van der Waals surface area contributed by atoms with Gasteiger partial charge in [0.15, 0.2) is 0 Å². The number of primary amides is 1. The van der Waals surface area contributed by atoms with E-state index in [0.717, 1.165) is 22.4 Å². The van der Waals surface area contributed by atoms with E-state index in [2.05, 4.69) is 5.32 Å². The third kappa shape index (κ3) is 2.20. The molecule has 3 N–H and O–H groups in total. The van der Waals surface area contributed by atoms with Gasteiger partial charge in [0.2, 0.25) is 11.8 Å². The molecule has 0 atom stereocenters. The number of rotatable bonds is 2. The van der Waals surface area contributed by atoms with E-state index in [1.165, 1.54) is 0 Å². The highest BCUT2D eigenvalue weighted by atomic mass is 16.5. The van der Waals surface area contributed by atoms with Gasteiger partial charge in [-0.25, -0.2) is 0 Å². The number of amides is 2. The summed E-state index contributed by atoms with van der Waals surface area (Å²) in [6, 6.07) is 13.2. The number of nitrogens with one attached hydrogen (secondary N) is 1. The molecular weight excluding hydrogens is 304 g/mol. The fraction of sp³-hybridized carbons (Fsp3) is 0.263. The lowest BCUT2D eigenvalue weighted by molar-refractivity contribution is -0.124. The molecule has 2 aliphatic rings. The van der Waals surface area contributed by atoms with Crippen LogP contribution in [0.2, 0.25) is 0 Å². The van der Waals surface area contributed by atoms with Crippen LogP contribution in [0.3, 0.4) is 0 Å². The Bertz CT molecular complexity index is 838. The van der Waals surface area contributed by atoms with E-state index in [9.17, 15) is 9.59 Å². The lowest BCUT2D eigenvalue weighted by atomic mass is 9.75. The van der Waals surface area contributed by atoms with Crippen LogP contribution in [0.4, 0.5) is 5.69 Å². The van der Waals surface area contributed by atoms with Gasteiger partial charge in [-0.1, -0.05) is 24.3 Å². The summed E-state index contributed by atoms with van der Waals surface area (Å²) in [7, 11) is 0. The van der Waals surface area contributed by atoms with Crippen LogP contribution in [0.15, 0.2) is 42.5 Å². The maximum atomic E-state index is 12.6. The molecule has 0 radical (unpaired) electrons. The molecule has 0 aromatic heterocycles. The first-order chi connectivity index (χ1) is 11.6. The van der Waals surface area contributed by atoms with Crippen LogP contribution in [0.25, 0.3) is 11.1 Å². The van der Waals surface area contributed by atoms with Crippen LogP contribution in [0, 0.1) is 0 Å². The van der Waals surface area contributed by atoms with Gasteiger partial charge in [0.1, 0.15) is 0 Å². The zero-order valence-electron chi connectivity index (χ0n) is 13.2. The number of carbonyl (C=O) groups is 2. The fourth-order valence-electron chi connectivity index (χ4n) is 3.68. The molecule has 0 bridgehead atoms. The first-order valence-corrected chi connectivity index (χ1v) is 8.04. The smallest absolute Gasteiger partial charge is 0.248 e. The van der Waals surface area contributed by atoms with Crippen molar-refractivity contribution in [3.05, 3.63) is 53.6 Å². The number of nitrogens with two attached hydrogens (primary N) is 1. The van der Waals surface area contributed by atoms with Gasteiger partial charge in [-0.2, -0.15) is 0 Å². The summed E-state index contributed by atoms with van der Waals surface area (Å²) in [5, 5.41) is 3.02. The van der Waals surface area contributed by atoms with E-state index in [-0.39, 0.29) is 5.91 Å². The molecule has 1 saturated heterocycles. The SMILES string of the molecule is NC(=O)c1cccc(-c2ccc3c(c2)NC(=O)C32CCOCC2)c1. The molecular formula is C19H18N2O3. The van der Waals surface area contributed by atoms with Crippen molar-refractivity contribution in [2.45, 2.75) is 18.3 Å². The Morgan fingerprint density at radius 3 is 2.58 bits per heavy atom. The highest BCUT2D eigenvalue weighted by Crippen LogP contribution is 2.45. The van der Waals surface area contributed by atoms with Gasteiger partial charge in [-0.05, 0) is 47.7 Å². The van der Waals surface area contributed by atoms with Crippen molar-refractivity contribution >= 4 is 17.5 Å². The second-order valence-corrected chi connectivity index (χ2v) is 6.35. The molecule has 2 aliphatic heterocycles. The molecule has 2 aromatic carbocycles. The van der Waals surface area contributed by atoms with Crippen molar-refractivity contribution in [2.24, 2.45) is 5.73 Å². The van der Waals surface area contributed by atoms with Crippen molar-refractivity contribution in [3.8, 4) is 11.1 Å². The van der Waals surface area contributed by atoms with Gasteiger partial charge >= 0.3 is 0 Å².